The van der Waals surface area contributed by atoms with Gasteiger partial charge >= 0.3 is 0 Å². The Kier molecular flexibility index (Phi) is 5.26. The number of ether oxygens (including phenoxy) is 1. The zero-order valence-corrected chi connectivity index (χ0v) is 15.9. The molecule has 1 aliphatic heterocycles. The fraction of sp³-hybridized carbons (Fsp3) is 0.700. The Morgan fingerprint density at radius 1 is 1.33 bits per heavy atom. The topological polar surface area (TPSA) is 91.1 Å². The highest BCUT2D eigenvalue weighted by Gasteiger charge is 2.46. The highest BCUT2D eigenvalue weighted by Crippen LogP contribution is 2.43. The maximum atomic E-state index is 12.9. The first kappa shape index (κ1) is 18.2. The van der Waals surface area contributed by atoms with Gasteiger partial charge in [-0.05, 0) is 38.0 Å². The second kappa shape index (κ2) is 7.81. The van der Waals surface area contributed by atoms with Crippen LogP contribution in [-0.4, -0.2) is 48.2 Å². The number of methoxy groups -OCH3 is 1. The summed E-state index contributed by atoms with van der Waals surface area (Å²) in [4.78, 5) is 24.3. The van der Waals surface area contributed by atoms with Crippen LogP contribution in [0.25, 0.3) is 0 Å². The Balaban J connectivity index is 1.65. The van der Waals surface area contributed by atoms with Crippen molar-refractivity contribution in [1.82, 2.24) is 15.3 Å². The number of nitriles is 1. The van der Waals surface area contributed by atoms with Crippen LogP contribution in [0.4, 0.5) is 5.82 Å². The molecule has 7 heteroatoms. The number of aromatic nitrogens is 2. The predicted molar refractivity (Wildman–Crippen MR) is 100 cm³/mol. The van der Waals surface area contributed by atoms with Gasteiger partial charge in [-0.1, -0.05) is 12.8 Å². The summed E-state index contributed by atoms with van der Waals surface area (Å²) >= 11 is 0. The molecule has 144 valence electrons. The van der Waals surface area contributed by atoms with Crippen LogP contribution < -0.4 is 10.2 Å². The van der Waals surface area contributed by atoms with Crippen LogP contribution >= 0.6 is 0 Å². The van der Waals surface area contributed by atoms with E-state index >= 15 is 0 Å². The molecule has 0 unspecified atom stereocenters. The molecule has 7 nitrogen and oxygen atoms in total. The first-order valence-corrected chi connectivity index (χ1v) is 10.1. The molecule has 1 saturated heterocycles. The molecule has 27 heavy (non-hydrogen) atoms. The SMILES string of the molecule is COCCNC(=O)[C@@H]1C[C@@H]2CCCC[C@@H]2N1c1cc(C#N)nc(C2CC2)n1. The predicted octanol–water partition coefficient (Wildman–Crippen LogP) is 2.13. The Labute approximate surface area is 160 Å². The van der Waals surface area contributed by atoms with Crippen molar-refractivity contribution in [2.45, 2.75) is 62.9 Å². The van der Waals surface area contributed by atoms with E-state index in [1.807, 2.05) is 0 Å². The molecule has 2 saturated carbocycles. The minimum Gasteiger partial charge on any atom is -0.383 e. The lowest BCUT2D eigenvalue weighted by molar-refractivity contribution is -0.122. The van der Waals surface area contributed by atoms with Gasteiger partial charge in [-0.2, -0.15) is 5.26 Å². The largest absolute Gasteiger partial charge is 0.383 e. The van der Waals surface area contributed by atoms with Crippen molar-refractivity contribution in [3.05, 3.63) is 17.6 Å². The van der Waals surface area contributed by atoms with E-state index in [4.69, 9.17) is 9.72 Å². The fourth-order valence-corrected chi connectivity index (χ4v) is 4.58. The number of fused-ring (bicyclic) bond motifs is 1. The highest BCUT2D eigenvalue weighted by atomic mass is 16.5. The molecule has 2 aliphatic carbocycles. The monoisotopic (exact) mass is 369 g/mol. The average Bonchev–Trinajstić information content (AvgIpc) is 3.47. The summed E-state index contributed by atoms with van der Waals surface area (Å²) in [5.41, 5.74) is 0.403. The first-order valence-electron chi connectivity index (χ1n) is 10.1. The summed E-state index contributed by atoms with van der Waals surface area (Å²) in [6, 6.07) is 4.03. The highest BCUT2D eigenvalue weighted by molar-refractivity contribution is 5.86. The van der Waals surface area contributed by atoms with Crippen molar-refractivity contribution in [2.75, 3.05) is 25.2 Å². The summed E-state index contributed by atoms with van der Waals surface area (Å²) in [5.74, 6) is 2.44. The Morgan fingerprint density at radius 2 is 2.15 bits per heavy atom. The van der Waals surface area contributed by atoms with E-state index in [1.54, 1.807) is 13.2 Å². The van der Waals surface area contributed by atoms with Crippen LogP contribution in [0.1, 0.15) is 62.4 Å². The summed E-state index contributed by atoms with van der Waals surface area (Å²) in [6.07, 6.45) is 7.68. The fourth-order valence-electron chi connectivity index (χ4n) is 4.58. The quantitative estimate of drug-likeness (QED) is 0.773. The second-order valence-electron chi connectivity index (χ2n) is 7.91. The van der Waals surface area contributed by atoms with Gasteiger partial charge in [0.15, 0.2) is 0 Å². The van der Waals surface area contributed by atoms with Crippen molar-refractivity contribution >= 4 is 11.7 Å². The van der Waals surface area contributed by atoms with Crippen molar-refractivity contribution in [3.8, 4) is 6.07 Å². The third kappa shape index (κ3) is 3.77. The molecule has 0 bridgehead atoms. The van der Waals surface area contributed by atoms with Gasteiger partial charge in [0.05, 0.1) is 6.61 Å². The van der Waals surface area contributed by atoms with E-state index < -0.39 is 0 Å². The smallest absolute Gasteiger partial charge is 0.242 e. The van der Waals surface area contributed by atoms with Crippen LogP contribution in [0.15, 0.2) is 6.07 Å². The van der Waals surface area contributed by atoms with Gasteiger partial charge in [0, 0.05) is 31.7 Å². The van der Waals surface area contributed by atoms with Crippen LogP contribution in [0.3, 0.4) is 0 Å². The van der Waals surface area contributed by atoms with E-state index in [0.29, 0.717) is 36.7 Å². The lowest BCUT2D eigenvalue weighted by Gasteiger charge is -2.34. The minimum atomic E-state index is -0.233. The third-order valence-corrected chi connectivity index (χ3v) is 6.05. The van der Waals surface area contributed by atoms with Crippen LogP contribution in [0.2, 0.25) is 0 Å². The van der Waals surface area contributed by atoms with E-state index in [-0.39, 0.29) is 11.9 Å². The van der Waals surface area contributed by atoms with Gasteiger partial charge in [0.25, 0.3) is 0 Å². The summed E-state index contributed by atoms with van der Waals surface area (Å²) < 4.78 is 5.06. The number of carbonyl (C=O) groups excluding carboxylic acids is 1. The number of hydrogen-bond donors (Lipinski definition) is 1. The van der Waals surface area contributed by atoms with Gasteiger partial charge in [-0.3, -0.25) is 4.79 Å². The molecular formula is C20H27N5O2. The van der Waals surface area contributed by atoms with Crippen LogP contribution in [0.5, 0.6) is 0 Å². The summed E-state index contributed by atoms with van der Waals surface area (Å²) in [6.45, 7) is 1.01. The van der Waals surface area contributed by atoms with Gasteiger partial charge < -0.3 is 15.0 Å². The van der Waals surface area contributed by atoms with Gasteiger partial charge in [-0.15, -0.1) is 0 Å². The number of amides is 1. The number of hydrogen-bond acceptors (Lipinski definition) is 6. The zero-order chi connectivity index (χ0) is 18.8. The molecule has 0 spiro atoms. The Hall–Kier alpha value is -2.20. The lowest BCUT2D eigenvalue weighted by Crippen LogP contribution is -2.48. The summed E-state index contributed by atoms with van der Waals surface area (Å²) in [5, 5.41) is 12.4. The normalized spacial score (nSPS) is 27.1. The molecule has 3 fully saturated rings. The number of nitrogens with zero attached hydrogens (tertiary/aromatic N) is 4. The van der Waals surface area contributed by atoms with Crippen molar-refractivity contribution in [1.29, 1.82) is 5.26 Å². The zero-order valence-electron chi connectivity index (χ0n) is 15.9. The molecular weight excluding hydrogens is 342 g/mol. The third-order valence-electron chi connectivity index (χ3n) is 6.05. The maximum absolute atomic E-state index is 12.9. The molecule has 3 atom stereocenters. The molecule has 1 aromatic heterocycles. The number of carbonyl (C=O) groups is 1. The first-order chi connectivity index (χ1) is 13.2. The molecule has 3 aliphatic rings. The van der Waals surface area contributed by atoms with E-state index in [1.165, 1.54) is 12.8 Å². The van der Waals surface area contributed by atoms with E-state index in [2.05, 4.69) is 21.3 Å². The molecule has 1 aromatic rings. The van der Waals surface area contributed by atoms with Crippen molar-refractivity contribution in [3.63, 3.8) is 0 Å². The molecule has 1 N–H and O–H groups in total. The maximum Gasteiger partial charge on any atom is 0.242 e. The number of nitrogens with one attached hydrogen (secondary N) is 1. The Morgan fingerprint density at radius 3 is 2.89 bits per heavy atom. The van der Waals surface area contributed by atoms with Crippen LogP contribution in [-0.2, 0) is 9.53 Å². The minimum absolute atomic E-state index is 0.0338. The van der Waals surface area contributed by atoms with E-state index in [9.17, 15) is 10.1 Å². The van der Waals surface area contributed by atoms with Gasteiger partial charge in [0.2, 0.25) is 5.91 Å². The number of rotatable bonds is 6. The molecule has 4 rings (SSSR count). The molecule has 0 aromatic carbocycles. The van der Waals surface area contributed by atoms with Gasteiger partial charge in [0.1, 0.15) is 29.4 Å². The molecule has 2 heterocycles. The van der Waals surface area contributed by atoms with E-state index in [0.717, 1.165) is 43.7 Å². The lowest BCUT2D eigenvalue weighted by atomic mass is 9.84. The van der Waals surface area contributed by atoms with Gasteiger partial charge in [-0.25, -0.2) is 9.97 Å². The second-order valence-corrected chi connectivity index (χ2v) is 7.91. The number of anilines is 1. The van der Waals surface area contributed by atoms with Crippen molar-refractivity contribution < 1.29 is 9.53 Å². The molecule has 0 radical (unpaired) electrons. The average molecular weight is 369 g/mol. The van der Waals surface area contributed by atoms with Crippen molar-refractivity contribution in [2.24, 2.45) is 5.92 Å². The Bertz CT molecular complexity index is 742. The van der Waals surface area contributed by atoms with Crippen LogP contribution in [0, 0.1) is 17.2 Å². The molecule has 1 amide bonds. The summed E-state index contributed by atoms with van der Waals surface area (Å²) in [7, 11) is 1.63. The standard InChI is InChI=1S/C20H27N5O2/c1-27-9-8-22-20(26)17-10-14-4-2-3-5-16(14)25(17)18-11-15(12-21)23-19(24-18)13-6-7-13/h11,13-14,16-17H,2-10H2,1H3,(H,22,26)/t14-,16-,17-/m0/s1.